The molecule has 1 aliphatic rings. The highest BCUT2D eigenvalue weighted by atomic mass is 35.5. The smallest absolute Gasteiger partial charge is 0.127 e. The number of rotatable bonds is 2. The summed E-state index contributed by atoms with van der Waals surface area (Å²) in [5.74, 6) is 0.793. The third-order valence-electron chi connectivity index (χ3n) is 3.79. The van der Waals surface area contributed by atoms with E-state index in [4.69, 9.17) is 17.3 Å². The normalized spacial score (nSPS) is 29.6. The first-order valence-corrected chi connectivity index (χ1v) is 6.15. The van der Waals surface area contributed by atoms with E-state index in [0.29, 0.717) is 16.9 Å². The van der Waals surface area contributed by atoms with Crippen molar-refractivity contribution in [1.29, 1.82) is 0 Å². The van der Waals surface area contributed by atoms with Crippen LogP contribution in [0.2, 0.25) is 5.02 Å². The van der Waals surface area contributed by atoms with Crippen LogP contribution in [0.25, 0.3) is 0 Å². The zero-order chi connectivity index (χ0) is 11.7. The summed E-state index contributed by atoms with van der Waals surface area (Å²) in [5, 5.41) is 0.456. The van der Waals surface area contributed by atoms with Crippen molar-refractivity contribution in [2.24, 2.45) is 17.6 Å². The fourth-order valence-corrected chi connectivity index (χ4v) is 2.70. The predicted octanol–water partition coefficient (Wildman–Crippen LogP) is 3.40. The van der Waals surface area contributed by atoms with E-state index < -0.39 is 0 Å². The summed E-state index contributed by atoms with van der Waals surface area (Å²) in [6.45, 7) is 2.16. The van der Waals surface area contributed by atoms with Crippen LogP contribution < -0.4 is 5.73 Å². The van der Waals surface area contributed by atoms with Gasteiger partial charge >= 0.3 is 0 Å². The summed E-state index contributed by atoms with van der Waals surface area (Å²) in [6.07, 6.45) is 2.93. The molecule has 16 heavy (non-hydrogen) atoms. The van der Waals surface area contributed by atoms with E-state index in [2.05, 4.69) is 6.92 Å². The molecule has 2 rings (SSSR count). The third kappa shape index (κ3) is 2.38. The van der Waals surface area contributed by atoms with Crippen LogP contribution in [-0.2, 0) is 6.42 Å². The van der Waals surface area contributed by atoms with Gasteiger partial charge in [0, 0.05) is 11.1 Å². The average Bonchev–Trinajstić information content (AvgIpc) is 2.54. The van der Waals surface area contributed by atoms with Gasteiger partial charge in [-0.25, -0.2) is 4.39 Å². The predicted molar refractivity (Wildman–Crippen MR) is 65.0 cm³/mol. The summed E-state index contributed by atoms with van der Waals surface area (Å²) < 4.78 is 13.6. The largest absolute Gasteiger partial charge is 0.327 e. The molecule has 3 heteroatoms. The molecule has 1 fully saturated rings. The molecule has 1 saturated carbocycles. The molecule has 1 aliphatic carbocycles. The Hall–Kier alpha value is -0.600. The summed E-state index contributed by atoms with van der Waals surface area (Å²) in [7, 11) is 0. The van der Waals surface area contributed by atoms with E-state index in [-0.39, 0.29) is 11.9 Å². The van der Waals surface area contributed by atoms with Crippen LogP contribution in [0.4, 0.5) is 4.39 Å². The second kappa shape index (κ2) is 4.72. The van der Waals surface area contributed by atoms with Crippen LogP contribution in [0.3, 0.4) is 0 Å². The number of halogens is 2. The molecule has 1 aromatic rings. The highest BCUT2D eigenvalue weighted by Crippen LogP contribution is 2.33. The van der Waals surface area contributed by atoms with Gasteiger partial charge in [-0.3, -0.25) is 0 Å². The molecule has 0 radical (unpaired) electrons. The van der Waals surface area contributed by atoms with Gasteiger partial charge in [0.15, 0.2) is 0 Å². The van der Waals surface area contributed by atoms with E-state index >= 15 is 0 Å². The van der Waals surface area contributed by atoms with E-state index in [1.807, 2.05) is 0 Å². The Morgan fingerprint density at radius 1 is 1.44 bits per heavy atom. The number of nitrogens with two attached hydrogens (primary N) is 1. The lowest BCUT2D eigenvalue weighted by atomic mass is 9.89. The van der Waals surface area contributed by atoms with Crippen LogP contribution in [0.15, 0.2) is 18.2 Å². The minimum absolute atomic E-state index is 0.194. The van der Waals surface area contributed by atoms with Crippen molar-refractivity contribution in [2.45, 2.75) is 32.2 Å². The molecule has 0 saturated heterocycles. The van der Waals surface area contributed by atoms with Crippen molar-refractivity contribution >= 4 is 11.6 Å². The molecule has 3 unspecified atom stereocenters. The summed E-state index contributed by atoms with van der Waals surface area (Å²) in [4.78, 5) is 0. The monoisotopic (exact) mass is 241 g/mol. The van der Waals surface area contributed by atoms with Crippen molar-refractivity contribution in [2.75, 3.05) is 0 Å². The van der Waals surface area contributed by atoms with E-state index in [1.54, 1.807) is 12.1 Å². The Morgan fingerprint density at radius 3 is 2.75 bits per heavy atom. The molecular formula is C13H17ClFN. The molecule has 3 atom stereocenters. The van der Waals surface area contributed by atoms with Crippen molar-refractivity contribution in [3.05, 3.63) is 34.6 Å². The molecule has 1 aromatic carbocycles. The fourth-order valence-electron chi connectivity index (χ4n) is 2.54. The molecule has 2 N–H and O–H groups in total. The lowest BCUT2D eigenvalue weighted by Crippen LogP contribution is -2.25. The highest BCUT2D eigenvalue weighted by molar-refractivity contribution is 6.30. The Kier molecular flexibility index (Phi) is 3.50. The van der Waals surface area contributed by atoms with Gasteiger partial charge in [-0.1, -0.05) is 24.6 Å². The first-order chi connectivity index (χ1) is 7.58. The minimum atomic E-state index is -0.194. The van der Waals surface area contributed by atoms with Crippen molar-refractivity contribution in [3.8, 4) is 0 Å². The first-order valence-electron chi connectivity index (χ1n) is 5.77. The summed E-state index contributed by atoms with van der Waals surface area (Å²) in [6, 6.07) is 5.20. The quantitative estimate of drug-likeness (QED) is 0.844. The highest BCUT2D eigenvalue weighted by Gasteiger charge is 2.30. The van der Waals surface area contributed by atoms with Crippen molar-refractivity contribution < 1.29 is 4.39 Å². The lowest BCUT2D eigenvalue weighted by Gasteiger charge is -2.18. The molecule has 1 nitrogen and oxygen atoms in total. The number of hydrogen-bond donors (Lipinski definition) is 1. The second-order valence-corrected chi connectivity index (χ2v) is 5.24. The lowest BCUT2D eigenvalue weighted by molar-refractivity contribution is 0.385. The number of hydrogen-bond acceptors (Lipinski definition) is 1. The maximum absolute atomic E-state index is 13.6. The third-order valence-corrected chi connectivity index (χ3v) is 4.02. The number of benzene rings is 1. The average molecular weight is 242 g/mol. The van der Waals surface area contributed by atoms with Gasteiger partial charge in [0.25, 0.3) is 0 Å². The van der Waals surface area contributed by atoms with Gasteiger partial charge in [0.1, 0.15) is 5.82 Å². The van der Waals surface area contributed by atoms with Gasteiger partial charge in [0.2, 0.25) is 0 Å². The van der Waals surface area contributed by atoms with Crippen LogP contribution in [-0.4, -0.2) is 6.04 Å². The van der Waals surface area contributed by atoms with Gasteiger partial charge in [-0.05, 0) is 48.8 Å². The van der Waals surface area contributed by atoms with Gasteiger partial charge in [-0.15, -0.1) is 0 Å². The Labute approximate surface area is 101 Å². The molecule has 0 spiro atoms. The zero-order valence-corrected chi connectivity index (χ0v) is 10.2. The standard InChI is InChI=1S/C13H17ClFN/c1-8-9(3-5-13(8)16)6-10-2-4-11(14)7-12(10)15/h2,4,7-9,13H,3,5-6,16H2,1H3. The van der Waals surface area contributed by atoms with Crippen molar-refractivity contribution in [3.63, 3.8) is 0 Å². The molecule has 0 bridgehead atoms. The van der Waals surface area contributed by atoms with Crippen LogP contribution >= 0.6 is 11.6 Å². The zero-order valence-electron chi connectivity index (χ0n) is 9.42. The van der Waals surface area contributed by atoms with E-state index in [0.717, 1.165) is 24.8 Å². The maximum atomic E-state index is 13.6. The first kappa shape index (κ1) is 11.9. The topological polar surface area (TPSA) is 26.0 Å². The molecule has 0 heterocycles. The maximum Gasteiger partial charge on any atom is 0.127 e. The van der Waals surface area contributed by atoms with E-state index in [9.17, 15) is 4.39 Å². The molecule has 0 aromatic heterocycles. The molecule has 88 valence electrons. The summed E-state index contributed by atoms with van der Waals surface area (Å²) in [5.41, 5.74) is 6.73. The minimum Gasteiger partial charge on any atom is -0.327 e. The van der Waals surface area contributed by atoms with Crippen LogP contribution in [0.5, 0.6) is 0 Å². The molecular weight excluding hydrogens is 225 g/mol. The molecule has 0 aliphatic heterocycles. The van der Waals surface area contributed by atoms with Gasteiger partial charge < -0.3 is 5.73 Å². The van der Waals surface area contributed by atoms with Gasteiger partial charge in [0.05, 0.1) is 0 Å². The van der Waals surface area contributed by atoms with Crippen molar-refractivity contribution in [1.82, 2.24) is 0 Å². The Bertz CT molecular complexity index is 380. The van der Waals surface area contributed by atoms with Gasteiger partial charge in [-0.2, -0.15) is 0 Å². The van der Waals surface area contributed by atoms with Crippen LogP contribution in [0.1, 0.15) is 25.3 Å². The molecule has 0 amide bonds. The summed E-state index contributed by atoms with van der Waals surface area (Å²) >= 11 is 5.73. The second-order valence-electron chi connectivity index (χ2n) is 4.80. The fraction of sp³-hybridized carbons (Fsp3) is 0.538. The van der Waals surface area contributed by atoms with E-state index in [1.165, 1.54) is 6.07 Å². The van der Waals surface area contributed by atoms with Crippen LogP contribution in [0, 0.1) is 17.7 Å². The Balaban J connectivity index is 2.09. The SMILES string of the molecule is CC1C(N)CCC1Cc1ccc(Cl)cc1F. The Morgan fingerprint density at radius 2 is 2.19 bits per heavy atom.